The average Bonchev–Trinajstić information content (AvgIpc) is 2.65. The van der Waals surface area contributed by atoms with Crippen molar-refractivity contribution >= 4 is 17.4 Å². The van der Waals surface area contributed by atoms with Crippen LogP contribution in [0.4, 0.5) is 5.69 Å². The van der Waals surface area contributed by atoms with E-state index in [2.05, 4.69) is 10.3 Å². The van der Waals surface area contributed by atoms with Crippen molar-refractivity contribution in [2.75, 3.05) is 18.5 Å². The fourth-order valence-corrected chi connectivity index (χ4v) is 2.73. The third-order valence-corrected chi connectivity index (χ3v) is 3.84. The number of benzene rings is 1. The molecule has 1 aromatic rings. The number of likely N-dealkylation sites (N-methyl/N-ethyl adjacent to an activating group) is 1. The summed E-state index contributed by atoms with van der Waals surface area (Å²) >= 11 is 0. The first-order valence-corrected chi connectivity index (χ1v) is 7.31. The molecule has 22 heavy (non-hydrogen) atoms. The number of carbonyl (C=O) groups is 1. The van der Waals surface area contributed by atoms with E-state index in [1.807, 2.05) is 44.2 Å². The monoisotopic (exact) mass is 303 g/mol. The lowest BCUT2D eigenvalue weighted by Gasteiger charge is -2.35. The molecule has 1 radical (unpaired) electrons. The summed E-state index contributed by atoms with van der Waals surface area (Å²) in [6, 6.07) is 9.51. The van der Waals surface area contributed by atoms with Gasteiger partial charge in [0.05, 0.1) is 0 Å². The van der Waals surface area contributed by atoms with Gasteiger partial charge < -0.3 is 10.2 Å². The molecular weight excluding hydrogens is 280 g/mol. The molecule has 1 N–H and O–H groups in total. The minimum Gasteiger partial charge on any atom is -0.358 e. The van der Waals surface area contributed by atoms with Gasteiger partial charge >= 0.3 is 0 Å². The summed E-state index contributed by atoms with van der Waals surface area (Å²) in [6.07, 6.45) is 0. The highest BCUT2D eigenvalue weighted by Crippen LogP contribution is 2.36. The van der Waals surface area contributed by atoms with E-state index < -0.39 is 11.2 Å². The molecule has 0 saturated carbocycles. The van der Waals surface area contributed by atoms with Crippen LogP contribution in [0.1, 0.15) is 27.7 Å². The Balaban J connectivity index is 2.48. The predicted octanol–water partition coefficient (Wildman–Crippen LogP) is 1.81. The normalized spacial score (nSPS) is 19.6. The summed E-state index contributed by atoms with van der Waals surface area (Å²) in [7, 11) is 1.59. The zero-order valence-corrected chi connectivity index (χ0v) is 13.8. The summed E-state index contributed by atoms with van der Waals surface area (Å²) in [5.74, 6) is 0.465. The van der Waals surface area contributed by atoms with Crippen LogP contribution in [0, 0.1) is 0 Å². The van der Waals surface area contributed by atoms with Crippen molar-refractivity contribution in [1.29, 1.82) is 0 Å². The Hall–Kier alpha value is -1.92. The number of aliphatic imine (C=N–C) groups is 1. The molecule has 1 heterocycles. The number of para-hydroxylation sites is 1. The van der Waals surface area contributed by atoms with Gasteiger partial charge in [0.1, 0.15) is 23.6 Å². The van der Waals surface area contributed by atoms with Gasteiger partial charge in [0.2, 0.25) is 5.91 Å². The standard InChI is InChI=1S/C16H23N4O2/c1-15(2)14(18-16(3,4)20(15)22)19(11-13(21)17-5)12-9-7-6-8-10-12/h6-10H,11H2,1-5H3,(H,17,21). The molecule has 1 aliphatic heterocycles. The lowest BCUT2D eigenvalue weighted by atomic mass is 10.0. The Morgan fingerprint density at radius 3 is 2.27 bits per heavy atom. The Morgan fingerprint density at radius 1 is 1.23 bits per heavy atom. The van der Waals surface area contributed by atoms with E-state index >= 15 is 0 Å². The number of hydrogen-bond acceptors (Lipinski definition) is 4. The molecule has 2 rings (SSSR count). The minimum absolute atomic E-state index is 0.118. The first-order chi connectivity index (χ1) is 10.2. The lowest BCUT2D eigenvalue weighted by molar-refractivity contribution is -0.241. The quantitative estimate of drug-likeness (QED) is 0.926. The Morgan fingerprint density at radius 2 is 1.82 bits per heavy atom. The lowest BCUT2D eigenvalue weighted by Crippen LogP contribution is -2.54. The third-order valence-electron chi connectivity index (χ3n) is 3.84. The molecule has 0 aliphatic carbocycles. The molecule has 0 aromatic heterocycles. The highest BCUT2D eigenvalue weighted by atomic mass is 16.5. The first-order valence-electron chi connectivity index (χ1n) is 7.31. The number of carbonyl (C=O) groups excluding carboxylic acids is 1. The summed E-state index contributed by atoms with van der Waals surface area (Å²) in [4.78, 5) is 18.3. The maximum atomic E-state index is 12.5. The van der Waals surface area contributed by atoms with Crippen molar-refractivity contribution in [1.82, 2.24) is 10.4 Å². The highest BCUT2D eigenvalue weighted by molar-refractivity contribution is 6.08. The van der Waals surface area contributed by atoms with E-state index in [9.17, 15) is 10.0 Å². The van der Waals surface area contributed by atoms with Gasteiger partial charge in [-0.2, -0.15) is 0 Å². The van der Waals surface area contributed by atoms with Crippen molar-refractivity contribution in [2.45, 2.75) is 38.9 Å². The van der Waals surface area contributed by atoms with Crippen LogP contribution in [-0.2, 0) is 10.0 Å². The molecular formula is C16H23N4O2. The van der Waals surface area contributed by atoms with Crippen LogP contribution in [0.15, 0.2) is 35.3 Å². The maximum Gasteiger partial charge on any atom is 0.239 e. The van der Waals surface area contributed by atoms with E-state index in [4.69, 9.17) is 0 Å². The Kier molecular flexibility index (Phi) is 4.26. The smallest absolute Gasteiger partial charge is 0.239 e. The van der Waals surface area contributed by atoms with Gasteiger partial charge in [0.15, 0.2) is 0 Å². The molecule has 119 valence electrons. The Bertz CT molecular complexity index is 581. The maximum absolute atomic E-state index is 12.5. The van der Waals surface area contributed by atoms with Crippen LogP contribution in [0.3, 0.4) is 0 Å². The third kappa shape index (κ3) is 2.84. The zero-order valence-electron chi connectivity index (χ0n) is 13.8. The summed E-state index contributed by atoms with van der Waals surface area (Å²) in [6.45, 7) is 7.32. The largest absolute Gasteiger partial charge is 0.358 e. The van der Waals surface area contributed by atoms with Gasteiger partial charge in [0.25, 0.3) is 0 Å². The fraction of sp³-hybridized carbons (Fsp3) is 0.500. The van der Waals surface area contributed by atoms with E-state index in [-0.39, 0.29) is 12.5 Å². The van der Waals surface area contributed by atoms with Crippen LogP contribution in [0.25, 0.3) is 0 Å². The predicted molar refractivity (Wildman–Crippen MR) is 86.0 cm³/mol. The topological polar surface area (TPSA) is 67.8 Å². The van der Waals surface area contributed by atoms with Gasteiger partial charge in [-0.25, -0.2) is 4.99 Å². The van der Waals surface area contributed by atoms with Gasteiger partial charge in [0, 0.05) is 12.7 Å². The molecule has 0 fully saturated rings. The summed E-state index contributed by atoms with van der Waals surface area (Å²) in [5.41, 5.74) is -0.828. The van der Waals surface area contributed by atoms with E-state index in [1.54, 1.807) is 25.8 Å². The van der Waals surface area contributed by atoms with Crippen LogP contribution in [0.2, 0.25) is 0 Å². The molecule has 6 nitrogen and oxygen atoms in total. The van der Waals surface area contributed by atoms with Crippen LogP contribution < -0.4 is 10.2 Å². The molecule has 1 aliphatic rings. The summed E-state index contributed by atoms with van der Waals surface area (Å²) < 4.78 is 0. The van der Waals surface area contributed by atoms with Crippen molar-refractivity contribution < 1.29 is 10.0 Å². The fourth-order valence-electron chi connectivity index (χ4n) is 2.73. The number of hydrogen-bond donors (Lipinski definition) is 1. The number of nitrogens with one attached hydrogen (secondary N) is 1. The highest BCUT2D eigenvalue weighted by Gasteiger charge is 2.50. The number of amides is 1. The number of rotatable bonds is 3. The molecule has 0 atom stereocenters. The molecule has 0 spiro atoms. The molecule has 0 bridgehead atoms. The molecule has 0 unspecified atom stereocenters. The van der Waals surface area contributed by atoms with Gasteiger partial charge in [-0.3, -0.25) is 4.79 Å². The van der Waals surface area contributed by atoms with Gasteiger partial charge in [-0.1, -0.05) is 18.2 Å². The first kappa shape index (κ1) is 16.5. The molecule has 1 aromatic carbocycles. The second-order valence-electron chi connectivity index (χ2n) is 6.38. The van der Waals surface area contributed by atoms with Gasteiger partial charge in [-0.05, 0) is 39.8 Å². The Labute approximate surface area is 131 Å². The van der Waals surface area contributed by atoms with E-state index in [0.717, 1.165) is 10.8 Å². The van der Waals surface area contributed by atoms with Crippen LogP contribution in [-0.4, -0.2) is 41.6 Å². The SMILES string of the molecule is CNC(=O)CN(C1=NC(C)(C)N([O])C1(C)C)c1ccccc1. The molecule has 0 saturated heterocycles. The second-order valence-corrected chi connectivity index (χ2v) is 6.38. The van der Waals surface area contributed by atoms with Gasteiger partial charge in [-0.15, -0.1) is 10.3 Å². The second kappa shape index (κ2) is 5.70. The zero-order chi connectivity index (χ0) is 16.5. The molecule has 6 heteroatoms. The van der Waals surface area contributed by atoms with E-state index in [1.165, 1.54) is 0 Å². The average molecular weight is 303 g/mol. The van der Waals surface area contributed by atoms with E-state index in [0.29, 0.717) is 5.84 Å². The van der Waals surface area contributed by atoms with Crippen molar-refractivity contribution in [2.24, 2.45) is 4.99 Å². The molecule has 1 amide bonds. The summed E-state index contributed by atoms with van der Waals surface area (Å²) in [5, 5.41) is 16.1. The van der Waals surface area contributed by atoms with Crippen molar-refractivity contribution in [3.63, 3.8) is 0 Å². The number of nitrogens with zero attached hydrogens (tertiary/aromatic N) is 3. The van der Waals surface area contributed by atoms with Crippen molar-refractivity contribution in [3.8, 4) is 0 Å². The number of anilines is 1. The minimum atomic E-state index is -0.853. The number of amidine groups is 1. The van der Waals surface area contributed by atoms with Crippen LogP contribution in [0.5, 0.6) is 0 Å². The van der Waals surface area contributed by atoms with Crippen molar-refractivity contribution in [3.05, 3.63) is 30.3 Å². The van der Waals surface area contributed by atoms with Crippen LogP contribution >= 0.6 is 0 Å². The number of hydroxylamine groups is 2.